The fourth-order valence-corrected chi connectivity index (χ4v) is 4.31. The number of rotatable bonds is 2. The Morgan fingerprint density at radius 1 is 0.933 bits per heavy atom. The monoisotopic (exact) mass is 401 g/mol. The molecule has 0 unspecified atom stereocenters. The summed E-state index contributed by atoms with van der Waals surface area (Å²) >= 11 is 0. The van der Waals surface area contributed by atoms with Crippen molar-refractivity contribution in [2.45, 2.75) is 52.6 Å². The van der Waals surface area contributed by atoms with Crippen LogP contribution in [-0.2, 0) is 12.0 Å². The fraction of sp³-hybridized carbons (Fsp3) is 0.346. The lowest BCUT2D eigenvalue weighted by Gasteiger charge is -2.37. The van der Waals surface area contributed by atoms with Gasteiger partial charge in [-0.2, -0.15) is 0 Å². The van der Waals surface area contributed by atoms with E-state index in [4.69, 9.17) is 0 Å². The standard InChI is InChI=1S/C26H31N3O/c1-18-8-6-9-19(2)23(18)27-25(30)29-17-16-28-15-7-10-22(28)24(29)20-11-13-21(14-12-20)26(3,4)5/h6-15,24H,16-17H2,1-5H3,(H,27,30)/t24-/m1/s1. The van der Waals surface area contributed by atoms with E-state index < -0.39 is 0 Å². The van der Waals surface area contributed by atoms with Gasteiger partial charge < -0.3 is 14.8 Å². The van der Waals surface area contributed by atoms with Crippen LogP contribution in [0.2, 0.25) is 0 Å². The second-order valence-corrected chi connectivity index (χ2v) is 9.29. The van der Waals surface area contributed by atoms with Crippen molar-refractivity contribution in [3.8, 4) is 0 Å². The van der Waals surface area contributed by atoms with E-state index >= 15 is 0 Å². The second-order valence-electron chi connectivity index (χ2n) is 9.29. The van der Waals surface area contributed by atoms with Gasteiger partial charge >= 0.3 is 6.03 Å². The van der Waals surface area contributed by atoms with E-state index in [2.05, 4.69) is 73.3 Å². The average molecular weight is 402 g/mol. The van der Waals surface area contributed by atoms with Crippen LogP contribution < -0.4 is 5.32 Å². The van der Waals surface area contributed by atoms with Gasteiger partial charge in [-0.1, -0.05) is 63.2 Å². The Bertz CT molecular complexity index is 1040. The van der Waals surface area contributed by atoms with Crippen molar-refractivity contribution in [1.82, 2.24) is 9.47 Å². The number of para-hydroxylation sites is 1. The molecule has 4 nitrogen and oxygen atoms in total. The van der Waals surface area contributed by atoms with E-state index in [1.54, 1.807) is 0 Å². The number of urea groups is 1. The number of aromatic nitrogens is 1. The molecule has 2 amide bonds. The molecule has 0 fully saturated rings. The summed E-state index contributed by atoms with van der Waals surface area (Å²) < 4.78 is 2.26. The van der Waals surface area contributed by atoms with Gasteiger partial charge in [0.15, 0.2) is 0 Å². The number of aryl methyl sites for hydroxylation is 2. The molecule has 0 saturated carbocycles. The summed E-state index contributed by atoms with van der Waals surface area (Å²) in [5, 5.41) is 3.18. The van der Waals surface area contributed by atoms with Crippen LogP contribution in [0.25, 0.3) is 0 Å². The molecule has 1 aromatic heterocycles. The highest BCUT2D eigenvalue weighted by atomic mass is 16.2. The lowest BCUT2D eigenvalue weighted by molar-refractivity contribution is 0.182. The van der Waals surface area contributed by atoms with Gasteiger partial charge in [0.25, 0.3) is 0 Å². The lowest BCUT2D eigenvalue weighted by atomic mass is 9.86. The zero-order chi connectivity index (χ0) is 21.5. The van der Waals surface area contributed by atoms with Crippen molar-refractivity contribution in [1.29, 1.82) is 0 Å². The molecular formula is C26H31N3O. The smallest absolute Gasteiger partial charge is 0.322 e. The minimum atomic E-state index is -0.105. The highest BCUT2D eigenvalue weighted by Gasteiger charge is 2.32. The largest absolute Gasteiger partial charge is 0.348 e. The van der Waals surface area contributed by atoms with Crippen LogP contribution in [0, 0.1) is 13.8 Å². The van der Waals surface area contributed by atoms with Crippen molar-refractivity contribution in [3.05, 3.63) is 88.7 Å². The molecule has 0 bridgehead atoms. The van der Waals surface area contributed by atoms with E-state index in [9.17, 15) is 4.79 Å². The first-order chi connectivity index (χ1) is 14.3. The van der Waals surface area contributed by atoms with Crippen LogP contribution in [0.4, 0.5) is 10.5 Å². The third kappa shape index (κ3) is 3.74. The van der Waals surface area contributed by atoms with Crippen LogP contribution in [0.5, 0.6) is 0 Å². The van der Waals surface area contributed by atoms with Crippen LogP contribution in [0.1, 0.15) is 54.8 Å². The molecule has 4 rings (SSSR count). The molecule has 1 aliphatic rings. The van der Waals surface area contributed by atoms with Crippen molar-refractivity contribution >= 4 is 11.7 Å². The predicted molar refractivity (Wildman–Crippen MR) is 123 cm³/mol. The Morgan fingerprint density at radius 2 is 1.60 bits per heavy atom. The number of benzene rings is 2. The normalized spacial score (nSPS) is 16.3. The number of hydrogen-bond acceptors (Lipinski definition) is 1. The number of nitrogens with one attached hydrogen (secondary N) is 1. The summed E-state index contributed by atoms with van der Waals surface area (Å²) in [6.45, 7) is 12.2. The number of nitrogens with zero attached hydrogens (tertiary/aromatic N) is 2. The highest BCUT2D eigenvalue weighted by molar-refractivity contribution is 5.91. The van der Waals surface area contributed by atoms with Gasteiger partial charge in [-0.25, -0.2) is 4.79 Å². The van der Waals surface area contributed by atoms with Crippen LogP contribution in [0.15, 0.2) is 60.8 Å². The molecule has 2 heterocycles. The van der Waals surface area contributed by atoms with E-state index in [-0.39, 0.29) is 17.5 Å². The number of carbonyl (C=O) groups excluding carboxylic acids is 1. The maximum atomic E-state index is 13.4. The second kappa shape index (κ2) is 7.67. The van der Waals surface area contributed by atoms with Gasteiger partial charge in [-0.05, 0) is 53.6 Å². The van der Waals surface area contributed by atoms with Crippen molar-refractivity contribution in [3.63, 3.8) is 0 Å². The summed E-state index contributed by atoms with van der Waals surface area (Å²) in [7, 11) is 0. The van der Waals surface area contributed by atoms with Gasteiger partial charge in [0, 0.05) is 30.7 Å². The number of carbonyl (C=O) groups is 1. The third-order valence-corrected chi connectivity index (χ3v) is 6.10. The van der Waals surface area contributed by atoms with E-state index in [1.165, 1.54) is 5.56 Å². The highest BCUT2D eigenvalue weighted by Crippen LogP contribution is 2.34. The first-order valence-electron chi connectivity index (χ1n) is 10.6. The Balaban J connectivity index is 1.69. The Morgan fingerprint density at radius 3 is 2.23 bits per heavy atom. The molecule has 30 heavy (non-hydrogen) atoms. The summed E-state index contributed by atoms with van der Waals surface area (Å²) in [4.78, 5) is 15.4. The van der Waals surface area contributed by atoms with Crippen molar-refractivity contribution in [2.75, 3.05) is 11.9 Å². The molecule has 0 saturated heterocycles. The van der Waals surface area contributed by atoms with Crippen molar-refractivity contribution < 1.29 is 4.79 Å². The maximum Gasteiger partial charge on any atom is 0.322 e. The number of fused-ring (bicyclic) bond motifs is 1. The van der Waals surface area contributed by atoms with Gasteiger partial charge in [-0.15, -0.1) is 0 Å². The molecule has 156 valence electrons. The first-order valence-corrected chi connectivity index (χ1v) is 10.6. The quantitative estimate of drug-likeness (QED) is 0.558. The van der Waals surface area contributed by atoms with Gasteiger partial charge in [-0.3, -0.25) is 0 Å². The number of anilines is 1. The Kier molecular flexibility index (Phi) is 5.19. The Labute approximate surface area is 179 Å². The molecule has 4 heteroatoms. The van der Waals surface area contributed by atoms with Crippen LogP contribution in [0.3, 0.4) is 0 Å². The summed E-state index contributed by atoms with van der Waals surface area (Å²) in [5.41, 5.74) is 6.75. The minimum Gasteiger partial charge on any atom is -0.348 e. The van der Waals surface area contributed by atoms with E-state index in [0.29, 0.717) is 6.54 Å². The molecule has 1 N–H and O–H groups in total. The summed E-state index contributed by atoms with van der Waals surface area (Å²) in [6, 6.07) is 18.9. The topological polar surface area (TPSA) is 37.3 Å². The van der Waals surface area contributed by atoms with Gasteiger partial charge in [0.2, 0.25) is 0 Å². The number of hydrogen-bond donors (Lipinski definition) is 1. The minimum absolute atomic E-state index is 0.0512. The van der Waals surface area contributed by atoms with Crippen LogP contribution >= 0.6 is 0 Å². The zero-order valence-electron chi connectivity index (χ0n) is 18.6. The molecule has 0 radical (unpaired) electrons. The molecule has 3 aromatic rings. The molecule has 0 aliphatic carbocycles. The molecule has 2 aromatic carbocycles. The molecule has 1 atom stereocenters. The SMILES string of the molecule is Cc1cccc(C)c1NC(=O)N1CCn2cccc2[C@H]1c1ccc(C(C)(C)C)cc1. The third-order valence-electron chi connectivity index (χ3n) is 6.10. The average Bonchev–Trinajstić information content (AvgIpc) is 3.18. The predicted octanol–water partition coefficient (Wildman–Crippen LogP) is 6.04. The first kappa shape index (κ1) is 20.3. The van der Waals surface area contributed by atoms with Gasteiger partial charge in [0.1, 0.15) is 0 Å². The fourth-order valence-electron chi connectivity index (χ4n) is 4.31. The maximum absolute atomic E-state index is 13.4. The van der Waals surface area contributed by atoms with Crippen LogP contribution in [-0.4, -0.2) is 22.0 Å². The lowest BCUT2D eigenvalue weighted by Crippen LogP contribution is -2.44. The summed E-state index contributed by atoms with van der Waals surface area (Å²) in [5.74, 6) is 0. The molecule has 0 spiro atoms. The van der Waals surface area contributed by atoms with Gasteiger partial charge in [0.05, 0.1) is 6.04 Å². The van der Waals surface area contributed by atoms with E-state index in [1.807, 2.05) is 36.9 Å². The van der Waals surface area contributed by atoms with Crippen molar-refractivity contribution in [2.24, 2.45) is 0 Å². The zero-order valence-corrected chi connectivity index (χ0v) is 18.6. The number of amides is 2. The Hall–Kier alpha value is -3.01. The molecule has 1 aliphatic heterocycles. The van der Waals surface area contributed by atoms with E-state index in [0.717, 1.165) is 34.6 Å². The summed E-state index contributed by atoms with van der Waals surface area (Å²) in [6.07, 6.45) is 2.10. The molecular weight excluding hydrogens is 370 g/mol.